The highest BCUT2D eigenvalue weighted by atomic mass is 32.1. The van der Waals surface area contributed by atoms with Crippen LogP contribution in [0.15, 0.2) is 35.3 Å². The summed E-state index contributed by atoms with van der Waals surface area (Å²) in [6.07, 6.45) is 2.54. The normalized spacial score (nSPS) is 12.1. The van der Waals surface area contributed by atoms with E-state index < -0.39 is 6.10 Å². The lowest BCUT2D eigenvalue weighted by Gasteiger charge is -2.10. The first-order valence-electron chi connectivity index (χ1n) is 5.57. The summed E-state index contributed by atoms with van der Waals surface area (Å²) in [5, 5.41) is 16.3. The molecule has 0 aliphatic rings. The van der Waals surface area contributed by atoms with E-state index in [1.54, 1.807) is 12.3 Å². The Kier molecular flexibility index (Phi) is 4.07. The van der Waals surface area contributed by atoms with Crippen molar-refractivity contribution in [2.45, 2.75) is 13.0 Å². The van der Waals surface area contributed by atoms with Crippen molar-refractivity contribution in [1.29, 1.82) is 0 Å². The van der Waals surface area contributed by atoms with Gasteiger partial charge in [0.05, 0.1) is 11.7 Å². The van der Waals surface area contributed by atoms with Gasteiger partial charge in [0, 0.05) is 18.9 Å². The van der Waals surface area contributed by atoms with Gasteiger partial charge in [-0.05, 0) is 40.9 Å². The highest BCUT2D eigenvalue weighted by molar-refractivity contribution is 7.07. The second-order valence-corrected chi connectivity index (χ2v) is 4.81. The SMILES string of the molecule is Cc1cncc(C(=O)NCC(O)c2ccsc2)c1. The van der Waals surface area contributed by atoms with E-state index in [1.807, 2.05) is 23.8 Å². The highest BCUT2D eigenvalue weighted by Gasteiger charge is 2.11. The van der Waals surface area contributed by atoms with Gasteiger partial charge < -0.3 is 10.4 Å². The van der Waals surface area contributed by atoms with E-state index in [0.717, 1.165) is 11.1 Å². The molecule has 0 aliphatic heterocycles. The number of rotatable bonds is 4. The zero-order chi connectivity index (χ0) is 13.0. The molecular weight excluding hydrogens is 248 g/mol. The average molecular weight is 262 g/mol. The molecule has 0 saturated heterocycles. The molecule has 0 bridgehead atoms. The number of pyridine rings is 1. The van der Waals surface area contributed by atoms with Gasteiger partial charge in [0.25, 0.3) is 5.91 Å². The molecule has 0 fully saturated rings. The fourth-order valence-corrected chi connectivity index (χ4v) is 2.26. The lowest BCUT2D eigenvalue weighted by molar-refractivity contribution is 0.0916. The van der Waals surface area contributed by atoms with Crippen LogP contribution in [-0.2, 0) is 0 Å². The van der Waals surface area contributed by atoms with Crippen LogP contribution in [0.5, 0.6) is 0 Å². The summed E-state index contributed by atoms with van der Waals surface area (Å²) < 4.78 is 0. The van der Waals surface area contributed by atoms with Gasteiger partial charge in [-0.15, -0.1) is 0 Å². The standard InChI is InChI=1S/C13H14N2O2S/c1-9-4-11(6-14-5-9)13(17)15-7-12(16)10-2-3-18-8-10/h2-6,8,12,16H,7H2,1H3,(H,15,17). The zero-order valence-electron chi connectivity index (χ0n) is 9.96. The summed E-state index contributed by atoms with van der Waals surface area (Å²) in [6, 6.07) is 3.61. The van der Waals surface area contributed by atoms with E-state index in [4.69, 9.17) is 0 Å². The van der Waals surface area contributed by atoms with E-state index in [1.165, 1.54) is 17.5 Å². The number of carbonyl (C=O) groups excluding carboxylic acids is 1. The summed E-state index contributed by atoms with van der Waals surface area (Å²) in [5.41, 5.74) is 2.26. The number of hydrogen-bond acceptors (Lipinski definition) is 4. The van der Waals surface area contributed by atoms with Crippen LogP contribution < -0.4 is 5.32 Å². The number of aliphatic hydroxyl groups excluding tert-OH is 1. The van der Waals surface area contributed by atoms with Crippen molar-refractivity contribution in [3.63, 3.8) is 0 Å². The first kappa shape index (κ1) is 12.7. The summed E-state index contributed by atoms with van der Waals surface area (Å²) >= 11 is 1.52. The smallest absolute Gasteiger partial charge is 0.252 e. The molecule has 94 valence electrons. The summed E-state index contributed by atoms with van der Waals surface area (Å²) in [4.78, 5) is 15.8. The molecule has 2 N–H and O–H groups in total. The number of amides is 1. The van der Waals surface area contributed by atoms with E-state index in [2.05, 4.69) is 10.3 Å². The van der Waals surface area contributed by atoms with E-state index in [9.17, 15) is 9.90 Å². The first-order valence-corrected chi connectivity index (χ1v) is 6.51. The number of thiophene rings is 1. The van der Waals surface area contributed by atoms with Crippen LogP contribution in [0.4, 0.5) is 0 Å². The Labute approximate surface area is 109 Å². The van der Waals surface area contributed by atoms with E-state index in [-0.39, 0.29) is 12.5 Å². The Balaban J connectivity index is 1.92. The molecule has 18 heavy (non-hydrogen) atoms. The molecule has 0 saturated carbocycles. The maximum absolute atomic E-state index is 11.8. The molecule has 1 amide bonds. The number of hydrogen-bond donors (Lipinski definition) is 2. The molecule has 1 atom stereocenters. The van der Waals surface area contributed by atoms with Crippen molar-refractivity contribution in [3.8, 4) is 0 Å². The molecule has 2 aromatic rings. The van der Waals surface area contributed by atoms with Crippen molar-refractivity contribution in [1.82, 2.24) is 10.3 Å². The predicted molar refractivity (Wildman–Crippen MR) is 70.6 cm³/mol. The van der Waals surface area contributed by atoms with Crippen LogP contribution in [0, 0.1) is 6.92 Å². The van der Waals surface area contributed by atoms with E-state index >= 15 is 0 Å². The minimum absolute atomic E-state index is 0.198. The molecule has 0 radical (unpaired) electrons. The van der Waals surface area contributed by atoms with Crippen LogP contribution in [-0.4, -0.2) is 22.5 Å². The van der Waals surface area contributed by atoms with Crippen LogP contribution >= 0.6 is 11.3 Å². The third-order valence-corrected chi connectivity index (χ3v) is 3.22. The van der Waals surface area contributed by atoms with Gasteiger partial charge in [-0.25, -0.2) is 0 Å². The van der Waals surface area contributed by atoms with Gasteiger partial charge in [0.1, 0.15) is 0 Å². The molecule has 0 spiro atoms. The summed E-state index contributed by atoms with van der Waals surface area (Å²) in [6.45, 7) is 2.08. The maximum atomic E-state index is 11.8. The quantitative estimate of drug-likeness (QED) is 0.884. The van der Waals surface area contributed by atoms with Crippen molar-refractivity contribution >= 4 is 17.2 Å². The van der Waals surface area contributed by atoms with Gasteiger partial charge >= 0.3 is 0 Å². The Bertz CT molecular complexity index is 526. The monoisotopic (exact) mass is 262 g/mol. The largest absolute Gasteiger partial charge is 0.387 e. The van der Waals surface area contributed by atoms with Crippen LogP contribution in [0.25, 0.3) is 0 Å². The minimum Gasteiger partial charge on any atom is -0.387 e. The van der Waals surface area contributed by atoms with Crippen molar-refractivity contribution in [2.24, 2.45) is 0 Å². The minimum atomic E-state index is -0.669. The molecule has 5 heteroatoms. The second-order valence-electron chi connectivity index (χ2n) is 4.03. The molecule has 1 unspecified atom stereocenters. The molecule has 0 aromatic carbocycles. The lowest BCUT2D eigenvalue weighted by atomic mass is 10.2. The van der Waals surface area contributed by atoms with Crippen LogP contribution in [0.2, 0.25) is 0 Å². The van der Waals surface area contributed by atoms with Crippen LogP contribution in [0.3, 0.4) is 0 Å². The van der Waals surface area contributed by atoms with E-state index in [0.29, 0.717) is 5.56 Å². The highest BCUT2D eigenvalue weighted by Crippen LogP contribution is 2.15. The van der Waals surface area contributed by atoms with Crippen LogP contribution in [0.1, 0.15) is 27.6 Å². The topological polar surface area (TPSA) is 62.2 Å². The lowest BCUT2D eigenvalue weighted by Crippen LogP contribution is -2.28. The number of aryl methyl sites for hydroxylation is 1. The number of nitrogens with one attached hydrogen (secondary N) is 1. The molecule has 2 aromatic heterocycles. The Hall–Kier alpha value is -1.72. The van der Waals surface area contributed by atoms with Gasteiger partial charge in [-0.1, -0.05) is 0 Å². The Morgan fingerprint density at radius 1 is 1.56 bits per heavy atom. The maximum Gasteiger partial charge on any atom is 0.252 e. The van der Waals surface area contributed by atoms with Gasteiger partial charge in [0.2, 0.25) is 0 Å². The first-order chi connectivity index (χ1) is 8.66. The third kappa shape index (κ3) is 3.15. The predicted octanol–water partition coefficient (Wildman–Crippen LogP) is 1.91. The second kappa shape index (κ2) is 5.75. The number of aromatic nitrogens is 1. The Morgan fingerprint density at radius 3 is 3.06 bits per heavy atom. The molecule has 4 nitrogen and oxygen atoms in total. The molecule has 2 heterocycles. The summed E-state index contributed by atoms with van der Waals surface area (Å²) in [7, 11) is 0. The molecule has 0 aliphatic carbocycles. The fourth-order valence-electron chi connectivity index (χ4n) is 1.55. The van der Waals surface area contributed by atoms with Gasteiger partial charge in [-0.2, -0.15) is 11.3 Å². The fraction of sp³-hybridized carbons (Fsp3) is 0.231. The van der Waals surface area contributed by atoms with Crippen molar-refractivity contribution in [3.05, 3.63) is 52.0 Å². The molecular formula is C13H14N2O2S. The van der Waals surface area contributed by atoms with Gasteiger partial charge in [0.15, 0.2) is 0 Å². The summed E-state index contributed by atoms with van der Waals surface area (Å²) in [5.74, 6) is -0.222. The average Bonchev–Trinajstić information content (AvgIpc) is 2.89. The molecule has 2 rings (SSSR count). The number of aliphatic hydroxyl groups is 1. The zero-order valence-corrected chi connectivity index (χ0v) is 10.8. The third-order valence-electron chi connectivity index (χ3n) is 2.52. The number of nitrogens with zero attached hydrogens (tertiary/aromatic N) is 1. The Morgan fingerprint density at radius 2 is 2.39 bits per heavy atom. The van der Waals surface area contributed by atoms with Crippen molar-refractivity contribution in [2.75, 3.05) is 6.54 Å². The van der Waals surface area contributed by atoms with Gasteiger partial charge in [-0.3, -0.25) is 9.78 Å². The number of carbonyl (C=O) groups is 1. The van der Waals surface area contributed by atoms with Crippen molar-refractivity contribution < 1.29 is 9.90 Å².